The lowest BCUT2D eigenvalue weighted by molar-refractivity contribution is -0.138. The maximum absolute atomic E-state index is 13.4. The third-order valence-electron chi connectivity index (χ3n) is 5.56. The zero-order valence-corrected chi connectivity index (χ0v) is 18.8. The van der Waals surface area contributed by atoms with E-state index in [0.717, 1.165) is 41.6 Å². The molecule has 10 heteroatoms. The molecule has 0 aliphatic carbocycles. The number of benzene rings is 2. The number of halogens is 3. The average molecular weight is 489 g/mol. The Balaban J connectivity index is 1.46. The summed E-state index contributed by atoms with van der Waals surface area (Å²) in [5.74, 6) is -1.04. The summed E-state index contributed by atoms with van der Waals surface area (Å²) in [5, 5.41) is 7.14. The van der Waals surface area contributed by atoms with Gasteiger partial charge in [0.25, 0.3) is 5.91 Å². The summed E-state index contributed by atoms with van der Waals surface area (Å²) >= 11 is 0. The van der Waals surface area contributed by atoms with Gasteiger partial charge >= 0.3 is 6.18 Å². The van der Waals surface area contributed by atoms with Gasteiger partial charge in [-0.25, -0.2) is 9.50 Å². The van der Waals surface area contributed by atoms with Crippen LogP contribution in [0.3, 0.4) is 0 Å². The van der Waals surface area contributed by atoms with Gasteiger partial charge in [0.05, 0.1) is 24.6 Å². The van der Waals surface area contributed by atoms with Gasteiger partial charge in [-0.2, -0.15) is 18.3 Å². The number of aromatic nitrogens is 4. The first kappa shape index (κ1) is 23.0. The minimum Gasteiger partial charge on any atom is -0.496 e. The number of nitrogens with one attached hydrogen (secondary N) is 1. The second-order valence-electron chi connectivity index (χ2n) is 7.81. The predicted octanol–water partition coefficient (Wildman–Crippen LogP) is 5.74. The highest BCUT2D eigenvalue weighted by molar-refractivity contribution is 6.04. The fraction of sp³-hybridized carbons (Fsp3) is 0.0769. The molecule has 36 heavy (non-hydrogen) atoms. The van der Waals surface area contributed by atoms with E-state index in [1.54, 1.807) is 53.6 Å². The van der Waals surface area contributed by atoms with Crippen molar-refractivity contribution in [3.63, 3.8) is 0 Å². The summed E-state index contributed by atoms with van der Waals surface area (Å²) in [6, 6.07) is 15.6. The standard InChI is InChI=1S/C26H18F3N5O2/c1-36-23-8-7-17(13-21(23)26(27,28)29)25(35)33-19-6-2-4-16(12-19)22-9-11-31-24-20(15-32-34(22)24)18-5-3-10-30-14-18/h2-15H,1H3,(H,33,35). The second kappa shape index (κ2) is 9.14. The van der Waals surface area contributed by atoms with Crippen molar-refractivity contribution >= 4 is 17.2 Å². The summed E-state index contributed by atoms with van der Waals surface area (Å²) < 4.78 is 46.5. The van der Waals surface area contributed by atoms with Gasteiger partial charge in [0.2, 0.25) is 0 Å². The maximum Gasteiger partial charge on any atom is 0.419 e. The molecule has 2 aromatic carbocycles. The van der Waals surface area contributed by atoms with Crippen LogP contribution in [-0.2, 0) is 6.18 Å². The van der Waals surface area contributed by atoms with E-state index in [1.807, 2.05) is 18.2 Å². The highest BCUT2D eigenvalue weighted by Crippen LogP contribution is 2.37. The highest BCUT2D eigenvalue weighted by Gasteiger charge is 2.35. The molecule has 0 fully saturated rings. The molecule has 180 valence electrons. The number of anilines is 1. The van der Waals surface area contributed by atoms with Crippen LogP contribution < -0.4 is 10.1 Å². The molecule has 3 aromatic heterocycles. The number of rotatable bonds is 5. The van der Waals surface area contributed by atoms with Crippen molar-refractivity contribution < 1.29 is 22.7 Å². The number of carbonyl (C=O) groups excluding carboxylic acids is 1. The van der Waals surface area contributed by atoms with Crippen LogP contribution in [0.2, 0.25) is 0 Å². The normalized spacial score (nSPS) is 11.4. The molecule has 0 spiro atoms. The smallest absolute Gasteiger partial charge is 0.419 e. The number of nitrogens with zero attached hydrogens (tertiary/aromatic N) is 4. The topological polar surface area (TPSA) is 81.4 Å². The molecular weight excluding hydrogens is 471 g/mol. The van der Waals surface area contributed by atoms with E-state index >= 15 is 0 Å². The van der Waals surface area contributed by atoms with Gasteiger partial charge in [-0.15, -0.1) is 0 Å². The molecule has 0 bridgehead atoms. The summed E-state index contributed by atoms with van der Waals surface area (Å²) in [6.45, 7) is 0. The molecule has 0 saturated carbocycles. The van der Waals surface area contributed by atoms with Crippen molar-refractivity contribution in [1.29, 1.82) is 0 Å². The third-order valence-corrected chi connectivity index (χ3v) is 5.56. The van der Waals surface area contributed by atoms with Gasteiger partial charge in [0, 0.05) is 46.5 Å². The summed E-state index contributed by atoms with van der Waals surface area (Å²) in [4.78, 5) is 21.4. The van der Waals surface area contributed by atoms with E-state index in [9.17, 15) is 18.0 Å². The van der Waals surface area contributed by atoms with Crippen molar-refractivity contribution in [3.8, 4) is 28.1 Å². The number of amides is 1. The highest BCUT2D eigenvalue weighted by atomic mass is 19.4. The molecule has 0 unspecified atom stereocenters. The van der Waals surface area contributed by atoms with Gasteiger partial charge in [-0.3, -0.25) is 9.78 Å². The predicted molar refractivity (Wildman–Crippen MR) is 128 cm³/mol. The Morgan fingerprint density at radius 1 is 0.972 bits per heavy atom. The zero-order valence-electron chi connectivity index (χ0n) is 18.8. The average Bonchev–Trinajstić information content (AvgIpc) is 3.33. The molecule has 3 heterocycles. The second-order valence-corrected chi connectivity index (χ2v) is 7.81. The van der Waals surface area contributed by atoms with Crippen LogP contribution in [0.1, 0.15) is 15.9 Å². The van der Waals surface area contributed by atoms with Crippen molar-refractivity contribution in [1.82, 2.24) is 19.6 Å². The molecular formula is C26H18F3N5O2. The van der Waals surface area contributed by atoms with E-state index in [1.165, 1.54) is 6.07 Å². The third kappa shape index (κ3) is 4.36. The number of alkyl halides is 3. The molecule has 5 aromatic rings. The lowest BCUT2D eigenvalue weighted by Gasteiger charge is -2.14. The van der Waals surface area contributed by atoms with Crippen LogP contribution in [-0.4, -0.2) is 32.6 Å². The van der Waals surface area contributed by atoms with Crippen LogP contribution >= 0.6 is 0 Å². The Bertz CT molecular complexity index is 1570. The number of pyridine rings is 1. The maximum atomic E-state index is 13.4. The molecule has 0 atom stereocenters. The van der Waals surface area contributed by atoms with Gasteiger partial charge in [-0.05, 0) is 42.5 Å². The number of hydrogen-bond acceptors (Lipinski definition) is 5. The minimum absolute atomic E-state index is 0.145. The van der Waals surface area contributed by atoms with Gasteiger partial charge in [0.1, 0.15) is 5.75 Å². The van der Waals surface area contributed by atoms with Crippen molar-refractivity contribution in [2.75, 3.05) is 12.4 Å². The largest absolute Gasteiger partial charge is 0.496 e. The molecule has 0 radical (unpaired) electrons. The van der Waals surface area contributed by atoms with E-state index in [2.05, 4.69) is 20.4 Å². The van der Waals surface area contributed by atoms with Crippen molar-refractivity contribution in [2.24, 2.45) is 0 Å². The molecule has 5 rings (SSSR count). The zero-order chi connectivity index (χ0) is 25.3. The number of hydrogen-bond donors (Lipinski definition) is 1. The van der Waals surface area contributed by atoms with Gasteiger partial charge in [0.15, 0.2) is 5.65 Å². The first-order valence-electron chi connectivity index (χ1n) is 10.8. The lowest BCUT2D eigenvalue weighted by Crippen LogP contribution is -2.15. The number of ether oxygens (including phenoxy) is 1. The Morgan fingerprint density at radius 2 is 1.81 bits per heavy atom. The first-order chi connectivity index (χ1) is 17.3. The van der Waals surface area contributed by atoms with Gasteiger partial charge in [-0.1, -0.05) is 18.2 Å². The Kier molecular flexibility index (Phi) is 5.85. The SMILES string of the molecule is COc1ccc(C(=O)Nc2cccc(-c3ccnc4c(-c5cccnc5)cnn34)c2)cc1C(F)(F)F. The fourth-order valence-electron chi connectivity index (χ4n) is 3.87. The summed E-state index contributed by atoms with van der Waals surface area (Å²) in [7, 11) is 1.14. The summed E-state index contributed by atoms with van der Waals surface area (Å²) in [5.41, 5.74) is 3.01. The number of methoxy groups -OCH3 is 1. The fourth-order valence-corrected chi connectivity index (χ4v) is 3.87. The molecule has 0 aliphatic rings. The minimum atomic E-state index is -4.66. The van der Waals surface area contributed by atoms with Crippen LogP contribution in [0.4, 0.5) is 18.9 Å². The van der Waals surface area contributed by atoms with E-state index in [4.69, 9.17) is 4.74 Å². The Morgan fingerprint density at radius 3 is 2.56 bits per heavy atom. The number of carbonyl (C=O) groups is 1. The first-order valence-corrected chi connectivity index (χ1v) is 10.8. The quantitative estimate of drug-likeness (QED) is 0.341. The van der Waals surface area contributed by atoms with E-state index in [0.29, 0.717) is 11.3 Å². The molecule has 0 aliphatic heterocycles. The van der Waals surface area contributed by atoms with Crippen LogP contribution in [0, 0.1) is 0 Å². The van der Waals surface area contributed by atoms with Crippen molar-refractivity contribution in [2.45, 2.75) is 6.18 Å². The van der Waals surface area contributed by atoms with Crippen LogP contribution in [0.25, 0.3) is 28.0 Å². The van der Waals surface area contributed by atoms with E-state index in [-0.39, 0.29) is 11.3 Å². The monoisotopic (exact) mass is 489 g/mol. The summed E-state index contributed by atoms with van der Waals surface area (Å²) in [6.07, 6.45) is 2.12. The lowest BCUT2D eigenvalue weighted by atomic mass is 10.1. The van der Waals surface area contributed by atoms with Gasteiger partial charge < -0.3 is 10.1 Å². The van der Waals surface area contributed by atoms with E-state index < -0.39 is 17.6 Å². The molecule has 1 N–H and O–H groups in total. The van der Waals surface area contributed by atoms with Crippen molar-refractivity contribution in [3.05, 3.63) is 96.6 Å². The Labute approximate surface area is 203 Å². The molecule has 0 saturated heterocycles. The number of fused-ring (bicyclic) bond motifs is 1. The molecule has 1 amide bonds. The Hall–Kier alpha value is -4.73. The molecule has 7 nitrogen and oxygen atoms in total. The van der Waals surface area contributed by atoms with Crippen LogP contribution in [0.5, 0.6) is 5.75 Å². The van der Waals surface area contributed by atoms with Crippen LogP contribution in [0.15, 0.2) is 85.5 Å².